The number of rotatable bonds is 3. The van der Waals surface area contributed by atoms with E-state index in [1.54, 1.807) is 0 Å². The third-order valence-corrected chi connectivity index (χ3v) is 2.18. The zero-order chi connectivity index (χ0) is 11.4. The molecule has 6 nitrogen and oxygen atoms in total. The molecule has 0 bridgehead atoms. The summed E-state index contributed by atoms with van der Waals surface area (Å²) in [6, 6.07) is -0.617. The van der Waals surface area contributed by atoms with Crippen molar-refractivity contribution in [1.82, 2.24) is 10.2 Å². The van der Waals surface area contributed by atoms with Crippen molar-refractivity contribution in [2.45, 2.75) is 25.8 Å². The van der Waals surface area contributed by atoms with E-state index in [1.807, 2.05) is 6.92 Å². The molecule has 6 heteroatoms. The molecule has 1 heterocycles. The van der Waals surface area contributed by atoms with E-state index in [4.69, 9.17) is 5.73 Å². The van der Waals surface area contributed by atoms with Crippen molar-refractivity contribution >= 4 is 17.7 Å². The number of nitrogens with one attached hydrogen (secondary N) is 1. The van der Waals surface area contributed by atoms with Crippen molar-refractivity contribution in [3.05, 3.63) is 0 Å². The molecule has 0 aromatic heterocycles. The predicted molar refractivity (Wildman–Crippen MR) is 52.6 cm³/mol. The van der Waals surface area contributed by atoms with Gasteiger partial charge in [-0.3, -0.25) is 19.7 Å². The summed E-state index contributed by atoms with van der Waals surface area (Å²) in [5.74, 6) is -1.24. The summed E-state index contributed by atoms with van der Waals surface area (Å²) in [6.07, 6.45) is 1.35. The summed E-state index contributed by atoms with van der Waals surface area (Å²) in [4.78, 5) is 34.8. The molecule has 0 saturated carbocycles. The van der Waals surface area contributed by atoms with Crippen LogP contribution in [0, 0.1) is 0 Å². The van der Waals surface area contributed by atoms with Gasteiger partial charge in [-0.25, -0.2) is 0 Å². The summed E-state index contributed by atoms with van der Waals surface area (Å²) in [5, 5.41) is 2.12. The Hall–Kier alpha value is -1.43. The molecule has 15 heavy (non-hydrogen) atoms. The predicted octanol–water partition coefficient (Wildman–Crippen LogP) is -1.40. The number of carbonyl (C=O) groups excluding carboxylic acids is 3. The van der Waals surface area contributed by atoms with Crippen molar-refractivity contribution < 1.29 is 14.4 Å². The minimum Gasteiger partial charge on any atom is -0.323 e. The Morgan fingerprint density at radius 3 is 2.47 bits per heavy atom. The fourth-order valence-corrected chi connectivity index (χ4v) is 1.46. The van der Waals surface area contributed by atoms with Crippen LogP contribution in [0.4, 0.5) is 0 Å². The van der Waals surface area contributed by atoms with Crippen LogP contribution in [0.15, 0.2) is 0 Å². The van der Waals surface area contributed by atoms with Gasteiger partial charge in [-0.15, -0.1) is 0 Å². The topological polar surface area (TPSA) is 92.5 Å². The number of nitrogens with two attached hydrogens (primary N) is 1. The third-order valence-electron chi connectivity index (χ3n) is 2.18. The SMILES string of the molecule is CCC[C@H](N)C(=O)N1CC(=O)NC(=O)C1. The lowest BCUT2D eigenvalue weighted by Gasteiger charge is -2.27. The molecule has 1 aliphatic rings. The van der Waals surface area contributed by atoms with E-state index in [0.717, 1.165) is 6.42 Å². The van der Waals surface area contributed by atoms with Crippen LogP contribution in [-0.4, -0.2) is 41.8 Å². The Morgan fingerprint density at radius 2 is 2.00 bits per heavy atom. The molecule has 0 radical (unpaired) electrons. The second-order valence-electron chi connectivity index (χ2n) is 3.56. The molecule has 1 rings (SSSR count). The average Bonchev–Trinajstić information content (AvgIpc) is 2.15. The lowest BCUT2D eigenvalue weighted by Crippen LogP contribution is -2.56. The minimum absolute atomic E-state index is 0.0814. The molecular formula is C9H15N3O3. The Bertz CT molecular complexity index is 274. The fraction of sp³-hybridized carbons (Fsp3) is 0.667. The highest BCUT2D eigenvalue weighted by Crippen LogP contribution is 2.02. The lowest BCUT2D eigenvalue weighted by atomic mass is 10.1. The van der Waals surface area contributed by atoms with Crippen molar-refractivity contribution in [2.24, 2.45) is 5.73 Å². The van der Waals surface area contributed by atoms with E-state index in [2.05, 4.69) is 5.32 Å². The molecule has 3 N–H and O–H groups in total. The Labute approximate surface area is 87.8 Å². The molecule has 0 aromatic carbocycles. The number of hydrogen-bond acceptors (Lipinski definition) is 4. The van der Waals surface area contributed by atoms with Crippen LogP contribution in [0.2, 0.25) is 0 Å². The largest absolute Gasteiger partial charge is 0.323 e. The number of imide groups is 1. The van der Waals surface area contributed by atoms with Gasteiger partial charge in [0.25, 0.3) is 0 Å². The summed E-state index contributed by atoms with van der Waals surface area (Å²) in [6.45, 7) is 1.76. The monoisotopic (exact) mass is 213 g/mol. The first-order chi connectivity index (χ1) is 7.04. The van der Waals surface area contributed by atoms with E-state index in [0.29, 0.717) is 6.42 Å². The van der Waals surface area contributed by atoms with Crippen LogP contribution in [0.5, 0.6) is 0 Å². The summed E-state index contributed by atoms with van der Waals surface area (Å²) >= 11 is 0. The molecule has 1 fully saturated rings. The minimum atomic E-state index is -0.617. The van der Waals surface area contributed by atoms with Gasteiger partial charge in [0.2, 0.25) is 17.7 Å². The molecule has 84 valence electrons. The van der Waals surface area contributed by atoms with E-state index in [1.165, 1.54) is 4.90 Å². The quantitative estimate of drug-likeness (QED) is 0.564. The first-order valence-corrected chi connectivity index (χ1v) is 4.91. The molecule has 1 aliphatic heterocycles. The van der Waals surface area contributed by atoms with Crippen LogP contribution in [0.3, 0.4) is 0 Å². The Morgan fingerprint density at radius 1 is 1.47 bits per heavy atom. The molecule has 0 aromatic rings. The van der Waals surface area contributed by atoms with Crippen LogP contribution < -0.4 is 11.1 Å². The standard InChI is InChI=1S/C9H15N3O3/c1-2-3-6(10)9(15)12-4-7(13)11-8(14)5-12/h6H,2-5,10H2,1H3,(H,11,13,14)/t6-/m0/s1. The maximum absolute atomic E-state index is 11.6. The number of nitrogens with zero attached hydrogens (tertiary/aromatic N) is 1. The summed E-state index contributed by atoms with van der Waals surface area (Å²) in [7, 11) is 0. The van der Waals surface area contributed by atoms with E-state index in [-0.39, 0.29) is 19.0 Å². The van der Waals surface area contributed by atoms with Crippen LogP contribution in [-0.2, 0) is 14.4 Å². The molecule has 1 atom stereocenters. The Balaban J connectivity index is 2.58. The first kappa shape index (κ1) is 11.6. The zero-order valence-electron chi connectivity index (χ0n) is 8.66. The van der Waals surface area contributed by atoms with Gasteiger partial charge in [0.15, 0.2) is 0 Å². The van der Waals surface area contributed by atoms with Gasteiger partial charge < -0.3 is 10.6 Å². The smallest absolute Gasteiger partial charge is 0.246 e. The Kier molecular flexibility index (Phi) is 3.79. The van der Waals surface area contributed by atoms with Gasteiger partial charge in [-0.05, 0) is 6.42 Å². The van der Waals surface area contributed by atoms with E-state index >= 15 is 0 Å². The van der Waals surface area contributed by atoms with Gasteiger partial charge in [0.1, 0.15) is 13.1 Å². The molecule has 3 amide bonds. The fourth-order valence-electron chi connectivity index (χ4n) is 1.46. The van der Waals surface area contributed by atoms with Crippen molar-refractivity contribution in [2.75, 3.05) is 13.1 Å². The second kappa shape index (κ2) is 4.88. The molecule has 0 aliphatic carbocycles. The first-order valence-electron chi connectivity index (χ1n) is 4.91. The van der Waals surface area contributed by atoms with Gasteiger partial charge in [0, 0.05) is 0 Å². The number of amides is 3. The van der Waals surface area contributed by atoms with Crippen molar-refractivity contribution in [3.63, 3.8) is 0 Å². The van der Waals surface area contributed by atoms with Crippen molar-refractivity contribution in [3.8, 4) is 0 Å². The average molecular weight is 213 g/mol. The third kappa shape index (κ3) is 3.02. The number of piperazine rings is 1. The van der Waals surface area contributed by atoms with Gasteiger partial charge in [-0.2, -0.15) is 0 Å². The molecule has 0 unspecified atom stereocenters. The lowest BCUT2D eigenvalue weighted by molar-refractivity contribution is -0.146. The van der Waals surface area contributed by atoms with Gasteiger partial charge in [-0.1, -0.05) is 13.3 Å². The van der Waals surface area contributed by atoms with Gasteiger partial charge >= 0.3 is 0 Å². The zero-order valence-corrected chi connectivity index (χ0v) is 8.66. The summed E-state index contributed by atoms with van der Waals surface area (Å²) in [5.41, 5.74) is 5.62. The highest BCUT2D eigenvalue weighted by atomic mass is 16.2. The van der Waals surface area contributed by atoms with Crippen LogP contribution in [0.1, 0.15) is 19.8 Å². The van der Waals surface area contributed by atoms with Gasteiger partial charge in [0.05, 0.1) is 6.04 Å². The maximum atomic E-state index is 11.6. The maximum Gasteiger partial charge on any atom is 0.246 e. The van der Waals surface area contributed by atoms with Crippen molar-refractivity contribution in [1.29, 1.82) is 0 Å². The molecular weight excluding hydrogens is 198 g/mol. The normalized spacial score (nSPS) is 18.7. The molecule has 0 spiro atoms. The number of carbonyl (C=O) groups is 3. The number of hydrogen-bond donors (Lipinski definition) is 2. The van der Waals surface area contributed by atoms with Crippen LogP contribution in [0.25, 0.3) is 0 Å². The molecule has 1 saturated heterocycles. The summed E-state index contributed by atoms with van der Waals surface area (Å²) < 4.78 is 0. The van der Waals surface area contributed by atoms with E-state index in [9.17, 15) is 14.4 Å². The second-order valence-corrected chi connectivity index (χ2v) is 3.56. The van der Waals surface area contributed by atoms with E-state index < -0.39 is 17.9 Å². The highest BCUT2D eigenvalue weighted by molar-refractivity contribution is 6.03. The highest BCUT2D eigenvalue weighted by Gasteiger charge is 2.28. The van der Waals surface area contributed by atoms with Crippen LogP contribution >= 0.6 is 0 Å².